The van der Waals surface area contributed by atoms with Gasteiger partial charge in [0.2, 0.25) is 0 Å². The molecule has 0 atom stereocenters. The first-order chi connectivity index (χ1) is 9.29. The van der Waals surface area contributed by atoms with Crippen molar-refractivity contribution in [2.75, 3.05) is 6.54 Å². The molecule has 1 N–H and O–H groups in total. The van der Waals surface area contributed by atoms with Crippen molar-refractivity contribution in [3.05, 3.63) is 58.0 Å². The highest BCUT2D eigenvalue weighted by molar-refractivity contribution is 9.10. The molecular formula is C15H18BrNO2. The molecule has 0 aliphatic carbocycles. The summed E-state index contributed by atoms with van der Waals surface area (Å²) in [5, 5.41) is 3.28. The number of halogens is 1. The summed E-state index contributed by atoms with van der Waals surface area (Å²) in [6.07, 6.45) is 1.71. The Hall–Kier alpha value is -1.10. The molecule has 2 aromatic rings. The molecule has 1 aromatic carbocycles. The van der Waals surface area contributed by atoms with Crippen LogP contribution in [0.5, 0.6) is 0 Å². The van der Waals surface area contributed by atoms with Crippen LogP contribution in [0.2, 0.25) is 0 Å². The lowest BCUT2D eigenvalue weighted by atomic mass is 10.2. The minimum atomic E-state index is 0.500. The van der Waals surface area contributed by atoms with Crippen molar-refractivity contribution >= 4 is 15.9 Å². The molecule has 3 nitrogen and oxygen atoms in total. The van der Waals surface area contributed by atoms with Crippen LogP contribution in [-0.2, 0) is 24.5 Å². The van der Waals surface area contributed by atoms with Gasteiger partial charge in [-0.05, 0) is 30.3 Å². The van der Waals surface area contributed by atoms with Crippen LogP contribution in [-0.4, -0.2) is 6.54 Å². The lowest BCUT2D eigenvalue weighted by Crippen LogP contribution is -2.12. The van der Waals surface area contributed by atoms with E-state index in [1.807, 2.05) is 24.3 Å². The van der Waals surface area contributed by atoms with Crippen molar-refractivity contribution in [2.24, 2.45) is 0 Å². The van der Waals surface area contributed by atoms with E-state index in [9.17, 15) is 0 Å². The van der Waals surface area contributed by atoms with E-state index in [0.717, 1.165) is 34.4 Å². The Morgan fingerprint density at radius 1 is 1.26 bits per heavy atom. The van der Waals surface area contributed by atoms with Crippen molar-refractivity contribution in [3.63, 3.8) is 0 Å². The van der Waals surface area contributed by atoms with Crippen LogP contribution in [0, 0.1) is 0 Å². The second-order valence-corrected chi connectivity index (χ2v) is 5.19. The summed E-state index contributed by atoms with van der Waals surface area (Å²) >= 11 is 3.45. The number of furan rings is 1. The molecule has 0 amide bonds. The van der Waals surface area contributed by atoms with Gasteiger partial charge in [-0.25, -0.2) is 0 Å². The monoisotopic (exact) mass is 323 g/mol. The van der Waals surface area contributed by atoms with Crippen LogP contribution in [0.1, 0.15) is 23.8 Å². The first-order valence-electron chi connectivity index (χ1n) is 6.37. The average molecular weight is 324 g/mol. The van der Waals surface area contributed by atoms with E-state index in [1.165, 1.54) is 0 Å². The fourth-order valence-electron chi connectivity index (χ4n) is 1.80. The molecule has 102 valence electrons. The molecule has 0 saturated carbocycles. The van der Waals surface area contributed by atoms with Gasteiger partial charge in [-0.1, -0.05) is 35.0 Å². The zero-order valence-corrected chi connectivity index (χ0v) is 12.6. The Balaban J connectivity index is 1.84. The normalized spacial score (nSPS) is 10.8. The summed E-state index contributed by atoms with van der Waals surface area (Å²) in [5.41, 5.74) is 2.31. The minimum absolute atomic E-state index is 0.500. The molecule has 4 heteroatoms. The maximum absolute atomic E-state index is 5.70. The molecule has 0 aliphatic heterocycles. The SMILES string of the molecule is CCNCc1ccoc1COCc1cccc(Br)c1. The lowest BCUT2D eigenvalue weighted by Gasteiger charge is -2.06. The first-order valence-corrected chi connectivity index (χ1v) is 7.17. The summed E-state index contributed by atoms with van der Waals surface area (Å²) < 4.78 is 12.2. The summed E-state index contributed by atoms with van der Waals surface area (Å²) in [4.78, 5) is 0. The molecule has 19 heavy (non-hydrogen) atoms. The van der Waals surface area contributed by atoms with Gasteiger partial charge in [0.05, 0.1) is 12.9 Å². The highest BCUT2D eigenvalue weighted by Gasteiger charge is 2.06. The molecule has 0 radical (unpaired) electrons. The van der Waals surface area contributed by atoms with Gasteiger partial charge in [-0.3, -0.25) is 0 Å². The Bertz CT molecular complexity index is 510. The number of ether oxygens (including phenoxy) is 1. The summed E-state index contributed by atoms with van der Waals surface area (Å²) in [6.45, 7) is 4.94. The molecule has 0 bridgehead atoms. The van der Waals surface area contributed by atoms with Crippen LogP contribution in [0.4, 0.5) is 0 Å². The summed E-state index contributed by atoms with van der Waals surface area (Å²) in [7, 11) is 0. The molecule has 0 unspecified atom stereocenters. The van der Waals surface area contributed by atoms with Crippen LogP contribution in [0.15, 0.2) is 45.5 Å². The average Bonchev–Trinajstić information content (AvgIpc) is 2.84. The largest absolute Gasteiger partial charge is 0.467 e. The van der Waals surface area contributed by atoms with Gasteiger partial charge in [0, 0.05) is 16.6 Å². The third kappa shape index (κ3) is 4.49. The van der Waals surface area contributed by atoms with Gasteiger partial charge in [-0.15, -0.1) is 0 Å². The maximum atomic E-state index is 5.70. The Kier molecular flexibility index (Phi) is 5.63. The van der Waals surface area contributed by atoms with Gasteiger partial charge in [0.25, 0.3) is 0 Å². The second-order valence-electron chi connectivity index (χ2n) is 4.27. The van der Waals surface area contributed by atoms with Gasteiger partial charge in [0.15, 0.2) is 0 Å². The van der Waals surface area contributed by atoms with Crippen molar-refractivity contribution in [1.82, 2.24) is 5.32 Å². The standard InChI is InChI=1S/C15H18BrNO2/c1-2-17-9-13-6-7-19-15(13)11-18-10-12-4-3-5-14(16)8-12/h3-8,17H,2,9-11H2,1H3. The maximum Gasteiger partial charge on any atom is 0.133 e. The third-order valence-electron chi connectivity index (χ3n) is 2.79. The van der Waals surface area contributed by atoms with E-state index < -0.39 is 0 Å². The molecule has 1 aromatic heterocycles. The van der Waals surface area contributed by atoms with Gasteiger partial charge in [-0.2, -0.15) is 0 Å². The quantitative estimate of drug-likeness (QED) is 0.840. The van der Waals surface area contributed by atoms with E-state index in [4.69, 9.17) is 9.15 Å². The second kappa shape index (κ2) is 7.48. The molecule has 0 fully saturated rings. The third-order valence-corrected chi connectivity index (χ3v) is 3.29. The first kappa shape index (κ1) is 14.3. The zero-order chi connectivity index (χ0) is 13.5. The van der Waals surface area contributed by atoms with Crippen LogP contribution in [0.3, 0.4) is 0 Å². The van der Waals surface area contributed by atoms with Gasteiger partial charge in [0.1, 0.15) is 12.4 Å². The number of benzene rings is 1. The topological polar surface area (TPSA) is 34.4 Å². The number of hydrogen-bond donors (Lipinski definition) is 1. The molecule has 0 saturated heterocycles. The zero-order valence-electron chi connectivity index (χ0n) is 11.0. The predicted molar refractivity (Wildman–Crippen MR) is 78.7 cm³/mol. The number of nitrogens with one attached hydrogen (secondary N) is 1. The summed E-state index contributed by atoms with van der Waals surface area (Å²) in [6, 6.07) is 10.1. The van der Waals surface area contributed by atoms with E-state index in [0.29, 0.717) is 13.2 Å². The minimum Gasteiger partial charge on any atom is -0.467 e. The highest BCUT2D eigenvalue weighted by atomic mass is 79.9. The van der Waals surface area contributed by atoms with Gasteiger partial charge >= 0.3 is 0 Å². The fourth-order valence-corrected chi connectivity index (χ4v) is 2.25. The van der Waals surface area contributed by atoms with Crippen molar-refractivity contribution in [3.8, 4) is 0 Å². The Labute approximate surface area is 122 Å². The van der Waals surface area contributed by atoms with E-state index in [2.05, 4.69) is 34.2 Å². The molecule has 1 heterocycles. The molecule has 0 aliphatic rings. The fraction of sp³-hybridized carbons (Fsp3) is 0.333. The van der Waals surface area contributed by atoms with Crippen LogP contribution < -0.4 is 5.32 Å². The predicted octanol–water partition coefficient (Wildman–Crippen LogP) is 3.87. The van der Waals surface area contributed by atoms with E-state index in [-0.39, 0.29) is 0 Å². The molecule has 2 rings (SSSR count). The number of hydrogen-bond acceptors (Lipinski definition) is 3. The number of rotatable bonds is 7. The van der Waals surface area contributed by atoms with Crippen molar-refractivity contribution < 1.29 is 9.15 Å². The van der Waals surface area contributed by atoms with Crippen molar-refractivity contribution in [2.45, 2.75) is 26.7 Å². The molecular weight excluding hydrogens is 306 g/mol. The highest BCUT2D eigenvalue weighted by Crippen LogP contribution is 2.15. The Morgan fingerprint density at radius 3 is 2.95 bits per heavy atom. The lowest BCUT2D eigenvalue weighted by molar-refractivity contribution is 0.0921. The molecule has 0 spiro atoms. The summed E-state index contributed by atoms with van der Waals surface area (Å²) in [5.74, 6) is 0.899. The van der Waals surface area contributed by atoms with Crippen LogP contribution in [0.25, 0.3) is 0 Å². The van der Waals surface area contributed by atoms with Crippen molar-refractivity contribution in [1.29, 1.82) is 0 Å². The van der Waals surface area contributed by atoms with Gasteiger partial charge < -0.3 is 14.5 Å². The van der Waals surface area contributed by atoms with E-state index >= 15 is 0 Å². The Morgan fingerprint density at radius 2 is 2.16 bits per heavy atom. The van der Waals surface area contributed by atoms with E-state index in [1.54, 1.807) is 6.26 Å². The smallest absolute Gasteiger partial charge is 0.133 e. The van der Waals surface area contributed by atoms with Crippen LogP contribution >= 0.6 is 15.9 Å².